The Kier molecular flexibility index (Phi) is 5.62. The molecular weight excluding hydrogens is 390 g/mol. The predicted molar refractivity (Wildman–Crippen MR) is 123 cm³/mol. The minimum Gasteiger partial charge on any atom is -0.466 e. The molecule has 2 aromatic heterocycles. The van der Waals surface area contributed by atoms with E-state index in [1.165, 1.54) is 13.2 Å². The first-order valence-electron chi connectivity index (χ1n) is 9.78. The molecule has 0 radical (unpaired) electrons. The van der Waals surface area contributed by atoms with Crippen LogP contribution in [0.4, 0.5) is 11.5 Å². The van der Waals surface area contributed by atoms with Crippen molar-refractivity contribution in [3.63, 3.8) is 0 Å². The van der Waals surface area contributed by atoms with Gasteiger partial charge in [-0.25, -0.2) is 9.78 Å². The molecule has 4 rings (SSSR count). The monoisotopic (exact) mass is 411 g/mol. The van der Waals surface area contributed by atoms with Crippen molar-refractivity contribution in [1.29, 1.82) is 0 Å². The Labute approximate surface area is 179 Å². The minimum atomic E-state index is -0.469. The van der Waals surface area contributed by atoms with Crippen LogP contribution in [0, 0.1) is 6.92 Å². The van der Waals surface area contributed by atoms with Crippen LogP contribution in [0.2, 0.25) is 0 Å². The van der Waals surface area contributed by atoms with Gasteiger partial charge in [-0.05, 0) is 48.9 Å². The number of carbonyl (C=O) groups excluding carboxylic acids is 1. The van der Waals surface area contributed by atoms with Gasteiger partial charge < -0.3 is 10.1 Å². The van der Waals surface area contributed by atoms with Gasteiger partial charge in [0.05, 0.1) is 12.5 Å². The molecular formula is C25H21N3O3. The number of aromatic nitrogens is 2. The molecule has 0 spiro atoms. The summed E-state index contributed by atoms with van der Waals surface area (Å²) < 4.78 is 6.57. The highest BCUT2D eigenvalue weighted by Gasteiger charge is 2.14. The molecule has 0 fully saturated rings. The predicted octanol–water partition coefficient (Wildman–Crippen LogP) is 4.62. The van der Waals surface area contributed by atoms with E-state index >= 15 is 0 Å². The number of rotatable bonds is 5. The molecule has 2 heterocycles. The molecule has 0 unspecified atom stereocenters. The van der Waals surface area contributed by atoms with Crippen LogP contribution in [0.15, 0.2) is 83.7 Å². The molecule has 31 heavy (non-hydrogen) atoms. The number of nitrogens with one attached hydrogen (secondary N) is 1. The molecule has 0 saturated heterocycles. The molecule has 0 amide bonds. The van der Waals surface area contributed by atoms with Crippen molar-refractivity contribution in [2.24, 2.45) is 0 Å². The van der Waals surface area contributed by atoms with Gasteiger partial charge in [0.25, 0.3) is 0 Å². The lowest BCUT2D eigenvalue weighted by Gasteiger charge is -2.18. The first-order valence-corrected chi connectivity index (χ1v) is 9.78. The maximum Gasteiger partial charge on any atom is 0.330 e. The lowest BCUT2D eigenvalue weighted by atomic mass is 10.1. The number of nitrogens with zero attached hydrogens (tertiary/aromatic N) is 2. The molecule has 0 aliphatic rings. The highest BCUT2D eigenvalue weighted by atomic mass is 16.5. The molecule has 1 N–H and O–H groups in total. The number of fused-ring (bicyclic) bond motifs is 1. The van der Waals surface area contributed by atoms with E-state index in [1.54, 1.807) is 18.2 Å². The number of anilines is 2. The van der Waals surface area contributed by atoms with Crippen LogP contribution in [-0.4, -0.2) is 22.6 Å². The van der Waals surface area contributed by atoms with Gasteiger partial charge in [0.1, 0.15) is 11.5 Å². The number of hydrogen-bond acceptors (Lipinski definition) is 5. The number of methoxy groups -OCH3 is 1. The SMILES string of the molecule is COC(=O)C=Cc1cc2c(=O)cc(Nc3ccccc3)n(-c3ccccc3)c2nc1C. The van der Waals surface area contributed by atoms with Crippen molar-refractivity contribution >= 4 is 34.6 Å². The van der Waals surface area contributed by atoms with Crippen molar-refractivity contribution in [1.82, 2.24) is 9.55 Å². The number of para-hydroxylation sites is 2. The Bertz CT molecular complexity index is 1330. The molecule has 2 aromatic carbocycles. The summed E-state index contributed by atoms with van der Waals surface area (Å²) in [4.78, 5) is 29.2. The van der Waals surface area contributed by atoms with Crippen LogP contribution in [0.3, 0.4) is 0 Å². The van der Waals surface area contributed by atoms with E-state index in [9.17, 15) is 9.59 Å². The summed E-state index contributed by atoms with van der Waals surface area (Å²) >= 11 is 0. The second kappa shape index (κ2) is 8.67. The van der Waals surface area contributed by atoms with Gasteiger partial charge in [-0.1, -0.05) is 36.4 Å². The zero-order valence-corrected chi connectivity index (χ0v) is 17.2. The summed E-state index contributed by atoms with van der Waals surface area (Å²) in [6, 6.07) is 22.7. The first kappa shape index (κ1) is 20.1. The number of hydrogen-bond donors (Lipinski definition) is 1. The average molecular weight is 411 g/mol. The topological polar surface area (TPSA) is 73.2 Å². The van der Waals surface area contributed by atoms with Gasteiger partial charge in [0.2, 0.25) is 0 Å². The average Bonchev–Trinajstić information content (AvgIpc) is 2.79. The van der Waals surface area contributed by atoms with Gasteiger partial charge in [-0.2, -0.15) is 0 Å². The maximum atomic E-state index is 13.0. The molecule has 0 aliphatic heterocycles. The highest BCUT2D eigenvalue weighted by molar-refractivity contribution is 5.89. The zero-order valence-electron chi connectivity index (χ0n) is 17.2. The van der Waals surface area contributed by atoms with Crippen LogP contribution < -0.4 is 10.7 Å². The van der Waals surface area contributed by atoms with Crippen molar-refractivity contribution < 1.29 is 9.53 Å². The third kappa shape index (κ3) is 4.23. The largest absolute Gasteiger partial charge is 0.466 e. The van der Waals surface area contributed by atoms with Crippen molar-refractivity contribution in [3.8, 4) is 5.69 Å². The molecule has 154 valence electrons. The summed E-state index contributed by atoms with van der Waals surface area (Å²) in [7, 11) is 1.32. The number of esters is 1. The van der Waals surface area contributed by atoms with E-state index in [-0.39, 0.29) is 5.43 Å². The third-order valence-electron chi connectivity index (χ3n) is 4.88. The van der Waals surface area contributed by atoms with Gasteiger partial charge in [0.15, 0.2) is 5.43 Å². The fourth-order valence-corrected chi connectivity index (χ4v) is 3.33. The highest BCUT2D eigenvalue weighted by Crippen LogP contribution is 2.25. The standard InChI is InChI=1S/C25H21N3O3/c1-17-18(13-14-24(30)31-2)15-21-22(29)16-23(27-19-9-5-3-6-10-19)28(25(21)26-17)20-11-7-4-8-12-20/h3-16,27H,1-2H3. The molecule has 6 nitrogen and oxygen atoms in total. The Morgan fingerprint density at radius 3 is 2.39 bits per heavy atom. The molecule has 0 saturated carbocycles. The summed E-state index contributed by atoms with van der Waals surface area (Å²) in [6.07, 6.45) is 2.92. The van der Waals surface area contributed by atoms with Crippen molar-refractivity contribution in [2.75, 3.05) is 12.4 Å². The van der Waals surface area contributed by atoms with E-state index in [0.29, 0.717) is 28.1 Å². The number of pyridine rings is 2. The van der Waals surface area contributed by atoms with E-state index < -0.39 is 5.97 Å². The molecule has 0 atom stereocenters. The van der Waals surface area contributed by atoms with Crippen LogP contribution in [-0.2, 0) is 9.53 Å². The minimum absolute atomic E-state index is 0.166. The Balaban J connectivity index is 1.96. The summed E-state index contributed by atoms with van der Waals surface area (Å²) in [5, 5.41) is 3.79. The quantitative estimate of drug-likeness (QED) is 0.383. The summed E-state index contributed by atoms with van der Waals surface area (Å²) in [5.41, 5.74) is 3.47. The second-order valence-corrected chi connectivity index (χ2v) is 6.95. The molecule has 4 aromatic rings. The number of aryl methyl sites for hydroxylation is 1. The first-order chi connectivity index (χ1) is 15.1. The summed E-state index contributed by atoms with van der Waals surface area (Å²) in [5.74, 6) is 0.142. The van der Waals surface area contributed by atoms with E-state index in [4.69, 9.17) is 4.98 Å². The smallest absolute Gasteiger partial charge is 0.330 e. The number of benzene rings is 2. The van der Waals surface area contributed by atoms with Gasteiger partial charge in [-0.15, -0.1) is 0 Å². The van der Waals surface area contributed by atoms with Crippen molar-refractivity contribution in [2.45, 2.75) is 6.92 Å². The van der Waals surface area contributed by atoms with Gasteiger partial charge in [0, 0.05) is 29.2 Å². The Morgan fingerprint density at radius 1 is 1.03 bits per heavy atom. The lowest BCUT2D eigenvalue weighted by molar-refractivity contribution is -0.134. The number of carbonyl (C=O) groups is 1. The Hall–Kier alpha value is -4.19. The lowest BCUT2D eigenvalue weighted by Crippen LogP contribution is -2.14. The second-order valence-electron chi connectivity index (χ2n) is 6.95. The van der Waals surface area contributed by atoms with E-state index in [0.717, 1.165) is 11.4 Å². The summed E-state index contributed by atoms with van der Waals surface area (Å²) in [6.45, 7) is 1.84. The van der Waals surface area contributed by atoms with Crippen molar-refractivity contribution in [3.05, 3.63) is 100 Å². The van der Waals surface area contributed by atoms with Crippen LogP contribution in [0.1, 0.15) is 11.3 Å². The molecule has 0 aliphatic carbocycles. The number of ether oxygens (including phenoxy) is 1. The van der Waals surface area contributed by atoms with E-state index in [1.807, 2.05) is 72.2 Å². The third-order valence-corrected chi connectivity index (χ3v) is 4.88. The normalized spacial score (nSPS) is 11.0. The van der Waals surface area contributed by atoms with Gasteiger partial charge >= 0.3 is 5.97 Å². The van der Waals surface area contributed by atoms with E-state index in [2.05, 4.69) is 10.1 Å². The maximum absolute atomic E-state index is 13.0. The fraction of sp³-hybridized carbons (Fsp3) is 0.0800. The van der Waals surface area contributed by atoms with Crippen LogP contribution in [0.25, 0.3) is 22.8 Å². The molecule has 6 heteroatoms. The fourth-order valence-electron chi connectivity index (χ4n) is 3.33. The van der Waals surface area contributed by atoms with Gasteiger partial charge in [-0.3, -0.25) is 9.36 Å². The molecule has 0 bridgehead atoms. The zero-order chi connectivity index (χ0) is 21.8. The van der Waals surface area contributed by atoms with Crippen LogP contribution in [0.5, 0.6) is 0 Å². The van der Waals surface area contributed by atoms with Crippen LogP contribution >= 0.6 is 0 Å². The Morgan fingerprint density at radius 2 is 1.71 bits per heavy atom.